The number of hydrogen-bond donors (Lipinski definition) is 0. The fraction of sp³-hybridized carbons (Fsp3) is 0.538. The molecule has 15 heavy (non-hydrogen) atoms. The molecule has 1 unspecified atom stereocenters. The van der Waals surface area contributed by atoms with Gasteiger partial charge in [-0.25, -0.2) is 0 Å². The summed E-state index contributed by atoms with van der Waals surface area (Å²) in [5.41, 5.74) is 1.41. The molecule has 0 radical (unpaired) electrons. The van der Waals surface area contributed by atoms with Crippen molar-refractivity contribution >= 4 is 0 Å². The molecule has 0 bridgehead atoms. The molecule has 0 aliphatic carbocycles. The van der Waals surface area contributed by atoms with Crippen LogP contribution in [0.1, 0.15) is 32.4 Å². The average molecular weight is 206 g/mol. The van der Waals surface area contributed by atoms with E-state index in [1.165, 1.54) is 5.56 Å². The maximum atomic E-state index is 5.64. The maximum absolute atomic E-state index is 5.64. The molecule has 1 aromatic carbocycles. The van der Waals surface area contributed by atoms with Crippen molar-refractivity contribution in [1.82, 2.24) is 0 Å². The fourth-order valence-electron chi connectivity index (χ4n) is 1.99. The summed E-state index contributed by atoms with van der Waals surface area (Å²) in [5.74, 6) is 0.956. The molecule has 0 saturated carbocycles. The Morgan fingerprint density at radius 2 is 2.13 bits per heavy atom. The van der Waals surface area contributed by atoms with Crippen LogP contribution in [0, 0.1) is 5.41 Å². The first kappa shape index (κ1) is 10.5. The Labute approximate surface area is 91.2 Å². The Balaban J connectivity index is 2.27. The van der Waals surface area contributed by atoms with E-state index in [2.05, 4.69) is 19.9 Å². The van der Waals surface area contributed by atoms with Crippen LogP contribution in [-0.4, -0.2) is 13.2 Å². The van der Waals surface area contributed by atoms with E-state index < -0.39 is 0 Å². The van der Waals surface area contributed by atoms with Gasteiger partial charge in [-0.3, -0.25) is 0 Å². The van der Waals surface area contributed by atoms with E-state index in [-0.39, 0.29) is 11.5 Å². The van der Waals surface area contributed by atoms with Gasteiger partial charge in [0.2, 0.25) is 0 Å². The molecule has 0 amide bonds. The Hall–Kier alpha value is -1.02. The number of hydrogen-bond acceptors (Lipinski definition) is 2. The van der Waals surface area contributed by atoms with Gasteiger partial charge in [-0.05, 0) is 13.0 Å². The van der Waals surface area contributed by atoms with E-state index in [9.17, 15) is 0 Å². The van der Waals surface area contributed by atoms with E-state index in [1.54, 1.807) is 0 Å². The molecule has 0 N–H and O–H groups in total. The number of rotatable bonds is 3. The second-order valence-corrected chi connectivity index (χ2v) is 4.65. The van der Waals surface area contributed by atoms with Gasteiger partial charge in [-0.15, -0.1) is 0 Å². The SMILES string of the molecule is CCOc1ccccc1C1OCC1(C)C. The fourth-order valence-corrected chi connectivity index (χ4v) is 1.99. The van der Waals surface area contributed by atoms with Crippen LogP contribution in [0.5, 0.6) is 5.75 Å². The number of benzene rings is 1. The normalized spacial score (nSPS) is 23.3. The summed E-state index contributed by atoms with van der Waals surface area (Å²) in [4.78, 5) is 0. The largest absolute Gasteiger partial charge is 0.493 e. The van der Waals surface area contributed by atoms with Crippen LogP contribution in [0.2, 0.25) is 0 Å². The Bertz CT molecular complexity index is 344. The van der Waals surface area contributed by atoms with Gasteiger partial charge in [0, 0.05) is 11.0 Å². The third-order valence-corrected chi connectivity index (χ3v) is 2.83. The molecule has 1 fully saturated rings. The van der Waals surface area contributed by atoms with E-state index in [4.69, 9.17) is 9.47 Å². The highest BCUT2D eigenvalue weighted by molar-refractivity contribution is 5.37. The minimum Gasteiger partial charge on any atom is -0.493 e. The minimum absolute atomic E-state index is 0.181. The van der Waals surface area contributed by atoms with Gasteiger partial charge in [-0.2, -0.15) is 0 Å². The zero-order chi connectivity index (χ0) is 10.9. The van der Waals surface area contributed by atoms with Crippen molar-refractivity contribution in [3.63, 3.8) is 0 Å². The van der Waals surface area contributed by atoms with Crippen molar-refractivity contribution in [2.24, 2.45) is 5.41 Å². The Kier molecular flexibility index (Phi) is 2.70. The third-order valence-electron chi connectivity index (χ3n) is 2.83. The van der Waals surface area contributed by atoms with Gasteiger partial charge in [0.05, 0.1) is 19.3 Å². The van der Waals surface area contributed by atoms with Gasteiger partial charge < -0.3 is 9.47 Å². The quantitative estimate of drug-likeness (QED) is 0.756. The molecule has 1 saturated heterocycles. The summed E-state index contributed by atoms with van der Waals surface area (Å²) in [6.07, 6.45) is 0.181. The summed E-state index contributed by atoms with van der Waals surface area (Å²) in [5, 5.41) is 0. The minimum atomic E-state index is 0.181. The van der Waals surface area contributed by atoms with Crippen LogP contribution in [0.4, 0.5) is 0 Å². The van der Waals surface area contributed by atoms with Crippen LogP contribution < -0.4 is 4.74 Å². The van der Waals surface area contributed by atoms with Crippen LogP contribution in [0.15, 0.2) is 24.3 Å². The smallest absolute Gasteiger partial charge is 0.125 e. The monoisotopic (exact) mass is 206 g/mol. The maximum Gasteiger partial charge on any atom is 0.125 e. The Morgan fingerprint density at radius 1 is 1.40 bits per heavy atom. The summed E-state index contributed by atoms with van der Waals surface area (Å²) in [6, 6.07) is 8.14. The first-order valence-electron chi connectivity index (χ1n) is 5.48. The second kappa shape index (κ2) is 3.86. The van der Waals surface area contributed by atoms with Crippen molar-refractivity contribution in [1.29, 1.82) is 0 Å². The molecule has 2 nitrogen and oxygen atoms in total. The topological polar surface area (TPSA) is 18.5 Å². The Morgan fingerprint density at radius 3 is 2.67 bits per heavy atom. The first-order chi connectivity index (χ1) is 7.15. The lowest BCUT2D eigenvalue weighted by Gasteiger charge is -2.44. The molecule has 82 valence electrons. The molecule has 2 rings (SSSR count). The lowest BCUT2D eigenvalue weighted by Crippen LogP contribution is -2.40. The highest BCUT2D eigenvalue weighted by Gasteiger charge is 2.42. The van der Waals surface area contributed by atoms with Gasteiger partial charge in [-0.1, -0.05) is 32.0 Å². The third kappa shape index (κ3) is 1.86. The van der Waals surface area contributed by atoms with E-state index in [0.717, 1.165) is 12.4 Å². The lowest BCUT2D eigenvalue weighted by molar-refractivity contribution is -0.172. The van der Waals surface area contributed by atoms with Crippen LogP contribution >= 0.6 is 0 Å². The molecular formula is C13H18O2. The van der Waals surface area contributed by atoms with E-state index >= 15 is 0 Å². The molecule has 1 aliphatic heterocycles. The van der Waals surface area contributed by atoms with Gasteiger partial charge in [0.15, 0.2) is 0 Å². The molecule has 0 aromatic heterocycles. The summed E-state index contributed by atoms with van der Waals surface area (Å²) in [6.45, 7) is 7.99. The zero-order valence-corrected chi connectivity index (χ0v) is 9.62. The summed E-state index contributed by atoms with van der Waals surface area (Å²) >= 11 is 0. The molecule has 1 aliphatic rings. The highest BCUT2D eigenvalue weighted by Crippen LogP contribution is 2.48. The van der Waals surface area contributed by atoms with Crippen LogP contribution in [-0.2, 0) is 4.74 Å². The summed E-state index contributed by atoms with van der Waals surface area (Å²) < 4.78 is 11.2. The number of para-hydroxylation sites is 1. The lowest BCUT2D eigenvalue weighted by atomic mass is 9.78. The van der Waals surface area contributed by atoms with Gasteiger partial charge in [0.1, 0.15) is 5.75 Å². The summed E-state index contributed by atoms with van der Waals surface area (Å²) in [7, 11) is 0. The molecule has 2 heteroatoms. The van der Waals surface area contributed by atoms with E-state index in [1.807, 2.05) is 25.1 Å². The van der Waals surface area contributed by atoms with Crippen molar-refractivity contribution in [3.05, 3.63) is 29.8 Å². The zero-order valence-electron chi connectivity index (χ0n) is 9.62. The predicted octanol–water partition coefficient (Wildman–Crippen LogP) is 3.18. The van der Waals surface area contributed by atoms with Crippen molar-refractivity contribution in [3.8, 4) is 5.75 Å². The number of ether oxygens (including phenoxy) is 2. The molecular weight excluding hydrogens is 188 g/mol. The van der Waals surface area contributed by atoms with Gasteiger partial charge >= 0.3 is 0 Å². The second-order valence-electron chi connectivity index (χ2n) is 4.65. The standard InChI is InChI=1S/C13H18O2/c1-4-14-11-8-6-5-7-10(11)12-13(2,3)9-15-12/h5-8,12H,4,9H2,1-3H3. The van der Waals surface area contributed by atoms with Crippen molar-refractivity contribution < 1.29 is 9.47 Å². The first-order valence-corrected chi connectivity index (χ1v) is 5.48. The van der Waals surface area contributed by atoms with Crippen LogP contribution in [0.25, 0.3) is 0 Å². The van der Waals surface area contributed by atoms with E-state index in [0.29, 0.717) is 6.61 Å². The molecule has 1 aromatic rings. The molecule has 0 spiro atoms. The average Bonchev–Trinajstić information content (AvgIpc) is 2.20. The predicted molar refractivity (Wildman–Crippen MR) is 60.1 cm³/mol. The highest BCUT2D eigenvalue weighted by atomic mass is 16.5. The molecule has 1 heterocycles. The van der Waals surface area contributed by atoms with Gasteiger partial charge in [0.25, 0.3) is 0 Å². The van der Waals surface area contributed by atoms with Crippen molar-refractivity contribution in [2.75, 3.05) is 13.2 Å². The van der Waals surface area contributed by atoms with Crippen molar-refractivity contribution in [2.45, 2.75) is 26.9 Å². The molecule has 1 atom stereocenters. The van der Waals surface area contributed by atoms with Crippen LogP contribution in [0.3, 0.4) is 0 Å².